The third-order valence-corrected chi connectivity index (χ3v) is 3.54. The Morgan fingerprint density at radius 1 is 1.47 bits per heavy atom. The van der Waals surface area contributed by atoms with Gasteiger partial charge < -0.3 is 20.5 Å². The van der Waals surface area contributed by atoms with Crippen LogP contribution in [0.15, 0.2) is 6.07 Å². The van der Waals surface area contributed by atoms with Crippen molar-refractivity contribution in [2.45, 2.75) is 32.8 Å². The smallest absolute Gasteiger partial charge is 0.350 e. The number of methoxy groups -OCH3 is 1. The van der Waals surface area contributed by atoms with Crippen molar-refractivity contribution >= 4 is 28.0 Å². The molecule has 6 heteroatoms. The van der Waals surface area contributed by atoms with Crippen molar-refractivity contribution in [1.29, 1.82) is 0 Å². The topological polar surface area (TPSA) is 73.6 Å². The van der Waals surface area contributed by atoms with E-state index in [-0.39, 0.29) is 12.1 Å². The average molecular weight is 286 g/mol. The molecule has 1 aromatic heterocycles. The van der Waals surface area contributed by atoms with Crippen LogP contribution >= 0.6 is 11.3 Å². The van der Waals surface area contributed by atoms with Gasteiger partial charge >= 0.3 is 5.97 Å². The molecule has 0 saturated carbocycles. The number of unbranched alkanes of at least 4 members (excludes halogenated alkanes) is 1. The minimum absolute atomic E-state index is 0.285. The molecule has 1 heterocycles. The first kappa shape index (κ1) is 15.8. The molecule has 0 aromatic carbocycles. The molecular weight excluding hydrogens is 264 g/mol. The number of nitrogen functional groups attached to an aromatic ring is 1. The molecular formula is C13H22N2O3S. The van der Waals surface area contributed by atoms with Gasteiger partial charge in [-0.2, -0.15) is 0 Å². The highest BCUT2D eigenvalue weighted by Gasteiger charge is 2.14. The van der Waals surface area contributed by atoms with E-state index in [9.17, 15) is 4.79 Å². The number of hydrogen-bond acceptors (Lipinski definition) is 6. The lowest BCUT2D eigenvalue weighted by molar-refractivity contribution is 0.0607. The number of thiophene rings is 1. The van der Waals surface area contributed by atoms with Gasteiger partial charge in [0.2, 0.25) is 0 Å². The Morgan fingerprint density at radius 3 is 2.84 bits per heavy atom. The molecule has 108 valence electrons. The first-order valence-electron chi connectivity index (χ1n) is 6.37. The van der Waals surface area contributed by atoms with Crippen molar-refractivity contribution in [3.05, 3.63) is 10.9 Å². The minimum atomic E-state index is -0.388. The maximum absolute atomic E-state index is 11.4. The van der Waals surface area contributed by atoms with Crippen LogP contribution in [0.3, 0.4) is 0 Å². The summed E-state index contributed by atoms with van der Waals surface area (Å²) in [5.41, 5.74) is 6.21. The molecule has 5 nitrogen and oxygen atoms in total. The monoisotopic (exact) mass is 286 g/mol. The zero-order chi connectivity index (χ0) is 14.3. The number of anilines is 2. The van der Waals surface area contributed by atoms with Gasteiger partial charge in [0, 0.05) is 13.2 Å². The molecule has 0 fully saturated rings. The highest BCUT2D eigenvalue weighted by atomic mass is 32.1. The molecule has 0 saturated heterocycles. The molecule has 0 atom stereocenters. The van der Waals surface area contributed by atoms with Gasteiger partial charge in [-0.3, -0.25) is 0 Å². The van der Waals surface area contributed by atoms with Gasteiger partial charge in [-0.15, -0.1) is 11.3 Å². The van der Waals surface area contributed by atoms with E-state index in [2.05, 4.69) is 10.1 Å². The minimum Gasteiger partial charge on any atom is -0.465 e. The SMILES string of the molecule is COC(=O)c1sc(NCCCCOC(C)C)cc1N. The van der Waals surface area contributed by atoms with Crippen LogP contribution in [0.1, 0.15) is 36.4 Å². The number of rotatable bonds is 8. The van der Waals surface area contributed by atoms with Crippen LogP contribution in [0.5, 0.6) is 0 Å². The molecule has 0 unspecified atom stereocenters. The number of esters is 1. The summed E-state index contributed by atoms with van der Waals surface area (Å²) in [7, 11) is 1.35. The van der Waals surface area contributed by atoms with E-state index in [0.717, 1.165) is 31.0 Å². The molecule has 0 aliphatic carbocycles. The second-order valence-corrected chi connectivity index (χ2v) is 5.49. The first-order chi connectivity index (χ1) is 9.04. The van der Waals surface area contributed by atoms with Gasteiger partial charge in [0.05, 0.1) is 23.9 Å². The first-order valence-corrected chi connectivity index (χ1v) is 7.19. The lowest BCUT2D eigenvalue weighted by Crippen LogP contribution is -2.06. The fourth-order valence-corrected chi connectivity index (χ4v) is 2.43. The largest absolute Gasteiger partial charge is 0.465 e. The normalized spacial score (nSPS) is 10.7. The Bertz CT molecular complexity index is 405. The zero-order valence-electron chi connectivity index (χ0n) is 11.7. The van der Waals surface area contributed by atoms with Gasteiger partial charge in [-0.1, -0.05) is 0 Å². The van der Waals surface area contributed by atoms with E-state index < -0.39 is 0 Å². The fourth-order valence-electron chi connectivity index (χ4n) is 1.50. The number of carbonyl (C=O) groups is 1. The Balaban J connectivity index is 2.28. The van der Waals surface area contributed by atoms with E-state index in [4.69, 9.17) is 10.5 Å². The van der Waals surface area contributed by atoms with Crippen molar-refractivity contribution in [1.82, 2.24) is 0 Å². The summed E-state index contributed by atoms with van der Waals surface area (Å²) < 4.78 is 10.1. The quantitative estimate of drug-likeness (QED) is 0.568. The second-order valence-electron chi connectivity index (χ2n) is 4.44. The second kappa shape index (κ2) is 8.01. The predicted octanol–water partition coefficient (Wildman–Crippen LogP) is 2.73. The summed E-state index contributed by atoms with van der Waals surface area (Å²) in [5.74, 6) is -0.388. The number of carbonyl (C=O) groups excluding carboxylic acids is 1. The summed E-state index contributed by atoms with van der Waals surface area (Å²) in [5, 5.41) is 4.14. The Morgan fingerprint density at radius 2 is 2.21 bits per heavy atom. The highest BCUT2D eigenvalue weighted by molar-refractivity contribution is 7.18. The number of nitrogens with one attached hydrogen (secondary N) is 1. The summed E-state index contributed by atoms with van der Waals surface area (Å²) in [6, 6.07) is 1.77. The maximum Gasteiger partial charge on any atom is 0.350 e. The van der Waals surface area contributed by atoms with E-state index in [1.54, 1.807) is 6.07 Å². The summed E-state index contributed by atoms with van der Waals surface area (Å²) in [6.07, 6.45) is 2.31. The Labute approximate surface area is 118 Å². The van der Waals surface area contributed by atoms with E-state index >= 15 is 0 Å². The standard InChI is InChI=1S/C13H22N2O3S/c1-9(2)18-7-5-4-6-15-11-8-10(14)12(19-11)13(16)17-3/h8-9,15H,4-7,14H2,1-3H3. The molecule has 1 rings (SSSR count). The number of hydrogen-bond donors (Lipinski definition) is 2. The number of ether oxygens (including phenoxy) is 2. The van der Waals surface area contributed by atoms with Crippen LogP contribution in [-0.2, 0) is 9.47 Å². The van der Waals surface area contributed by atoms with Crippen LogP contribution in [0.25, 0.3) is 0 Å². The fraction of sp³-hybridized carbons (Fsp3) is 0.615. The van der Waals surface area contributed by atoms with Gasteiger partial charge in [-0.05, 0) is 32.8 Å². The Kier molecular flexibility index (Phi) is 6.66. The van der Waals surface area contributed by atoms with Gasteiger partial charge in [0.25, 0.3) is 0 Å². The van der Waals surface area contributed by atoms with E-state index in [0.29, 0.717) is 10.6 Å². The van der Waals surface area contributed by atoms with Crippen molar-refractivity contribution in [3.63, 3.8) is 0 Å². The molecule has 0 bridgehead atoms. The molecule has 19 heavy (non-hydrogen) atoms. The third-order valence-electron chi connectivity index (χ3n) is 2.45. The van der Waals surface area contributed by atoms with Crippen LogP contribution in [0.4, 0.5) is 10.7 Å². The summed E-state index contributed by atoms with van der Waals surface area (Å²) >= 11 is 1.32. The van der Waals surface area contributed by atoms with Crippen molar-refractivity contribution in [2.24, 2.45) is 0 Å². The molecule has 3 N–H and O–H groups in total. The number of nitrogens with two attached hydrogens (primary N) is 1. The van der Waals surface area contributed by atoms with Gasteiger partial charge in [-0.25, -0.2) is 4.79 Å². The highest BCUT2D eigenvalue weighted by Crippen LogP contribution is 2.29. The van der Waals surface area contributed by atoms with E-state index in [1.807, 2.05) is 13.8 Å². The predicted molar refractivity (Wildman–Crippen MR) is 78.9 cm³/mol. The summed E-state index contributed by atoms with van der Waals surface area (Å²) in [4.78, 5) is 11.8. The molecule has 0 aliphatic rings. The third kappa shape index (κ3) is 5.48. The van der Waals surface area contributed by atoms with Crippen LogP contribution in [0, 0.1) is 0 Å². The average Bonchev–Trinajstić information content (AvgIpc) is 2.73. The maximum atomic E-state index is 11.4. The molecule has 0 spiro atoms. The Hall–Kier alpha value is -1.27. The van der Waals surface area contributed by atoms with E-state index in [1.165, 1.54) is 18.4 Å². The lowest BCUT2D eigenvalue weighted by atomic mass is 10.3. The lowest BCUT2D eigenvalue weighted by Gasteiger charge is -2.07. The van der Waals surface area contributed by atoms with Crippen LogP contribution in [-0.4, -0.2) is 32.3 Å². The van der Waals surface area contributed by atoms with Crippen molar-refractivity contribution in [2.75, 3.05) is 31.3 Å². The molecule has 1 aromatic rings. The van der Waals surface area contributed by atoms with Gasteiger partial charge in [0.1, 0.15) is 4.88 Å². The molecule has 0 radical (unpaired) electrons. The van der Waals surface area contributed by atoms with Crippen LogP contribution in [0.2, 0.25) is 0 Å². The van der Waals surface area contributed by atoms with Crippen molar-refractivity contribution in [3.8, 4) is 0 Å². The molecule has 0 amide bonds. The van der Waals surface area contributed by atoms with Crippen LogP contribution < -0.4 is 11.1 Å². The van der Waals surface area contributed by atoms with Gasteiger partial charge in [0.15, 0.2) is 0 Å². The summed E-state index contributed by atoms with van der Waals surface area (Å²) in [6.45, 7) is 5.67. The molecule has 0 aliphatic heterocycles. The van der Waals surface area contributed by atoms with Crippen molar-refractivity contribution < 1.29 is 14.3 Å². The zero-order valence-corrected chi connectivity index (χ0v) is 12.5.